The van der Waals surface area contributed by atoms with E-state index < -0.39 is 6.10 Å². The summed E-state index contributed by atoms with van der Waals surface area (Å²) in [6, 6.07) is 0. The number of hydrogen-bond donors (Lipinski definition) is 2. The number of rotatable bonds is 36. The van der Waals surface area contributed by atoms with E-state index in [2.05, 4.69) is 56.4 Å². The highest BCUT2D eigenvalue weighted by molar-refractivity contribution is 5.70. The number of ether oxygens (including phenoxy) is 2. The standard InChI is InChI=1S/C45H78O6/c1-4-42(47)36-32-28-24-20-16-12-9-10-14-18-22-26-30-34-38-45(49)51-43(39-46)40-50-44(48)37-33-29-25-21-17-13-8-6-5-7-11-15-19-23-27-31-35-41(2)3/h10,12,14,16,22,24,26,28,32,36,41-43,46-47H,4-9,11,13,15,17-21,23,25,27,29-31,33-35,37-40H2,1-3H3/b14-10-,16-12-,26-22-,28-24-,36-32+/t42-,43+/m1/s1. The Bertz CT molecular complexity index is 931. The normalized spacial score (nSPS) is 13.5. The van der Waals surface area contributed by atoms with Gasteiger partial charge in [0.25, 0.3) is 0 Å². The van der Waals surface area contributed by atoms with Gasteiger partial charge >= 0.3 is 11.9 Å². The molecular weight excluding hydrogens is 636 g/mol. The van der Waals surface area contributed by atoms with Crippen molar-refractivity contribution >= 4 is 11.9 Å². The second-order valence-corrected chi connectivity index (χ2v) is 14.4. The smallest absolute Gasteiger partial charge is 0.306 e. The molecule has 0 aliphatic rings. The molecule has 0 unspecified atom stereocenters. The molecule has 0 spiro atoms. The Labute approximate surface area is 313 Å². The number of aliphatic hydroxyl groups excluding tert-OH is 2. The lowest BCUT2D eigenvalue weighted by atomic mass is 10.0. The maximum atomic E-state index is 12.2. The number of carbonyl (C=O) groups excluding carboxylic acids is 2. The van der Waals surface area contributed by atoms with Crippen LogP contribution in [-0.2, 0) is 19.1 Å². The van der Waals surface area contributed by atoms with Crippen LogP contribution in [0.3, 0.4) is 0 Å². The van der Waals surface area contributed by atoms with Crippen molar-refractivity contribution in [2.24, 2.45) is 5.92 Å². The fourth-order valence-electron chi connectivity index (χ4n) is 5.61. The second-order valence-electron chi connectivity index (χ2n) is 14.4. The van der Waals surface area contributed by atoms with Crippen molar-refractivity contribution in [3.8, 4) is 0 Å². The molecule has 0 radical (unpaired) electrons. The lowest BCUT2D eigenvalue weighted by molar-refractivity contribution is -0.161. The molecule has 0 aromatic rings. The first-order valence-electron chi connectivity index (χ1n) is 20.8. The third-order valence-electron chi connectivity index (χ3n) is 8.91. The fourth-order valence-corrected chi connectivity index (χ4v) is 5.61. The molecule has 2 N–H and O–H groups in total. The Balaban J connectivity index is 3.64. The largest absolute Gasteiger partial charge is 0.462 e. The summed E-state index contributed by atoms with van der Waals surface area (Å²) in [5.74, 6) is 0.175. The minimum Gasteiger partial charge on any atom is -0.462 e. The summed E-state index contributed by atoms with van der Waals surface area (Å²) in [5.41, 5.74) is 0. The van der Waals surface area contributed by atoms with Gasteiger partial charge in [0.1, 0.15) is 6.61 Å². The maximum absolute atomic E-state index is 12.2. The topological polar surface area (TPSA) is 93.1 Å². The van der Waals surface area contributed by atoms with E-state index >= 15 is 0 Å². The number of hydrogen-bond acceptors (Lipinski definition) is 6. The van der Waals surface area contributed by atoms with Crippen LogP contribution in [0.2, 0.25) is 0 Å². The Morgan fingerprint density at radius 2 is 1.06 bits per heavy atom. The fraction of sp³-hybridized carbons (Fsp3) is 0.733. The van der Waals surface area contributed by atoms with Gasteiger partial charge in [-0.05, 0) is 50.9 Å². The summed E-state index contributed by atoms with van der Waals surface area (Å²) in [6.07, 6.45) is 46.7. The zero-order valence-electron chi connectivity index (χ0n) is 33.1. The molecular formula is C45H78O6. The van der Waals surface area contributed by atoms with Crippen molar-refractivity contribution in [1.29, 1.82) is 0 Å². The van der Waals surface area contributed by atoms with Gasteiger partial charge in [-0.1, -0.05) is 184 Å². The summed E-state index contributed by atoms with van der Waals surface area (Å²) in [5, 5.41) is 19.0. The van der Waals surface area contributed by atoms with Crippen LogP contribution in [0.5, 0.6) is 0 Å². The van der Waals surface area contributed by atoms with Gasteiger partial charge in [0, 0.05) is 12.8 Å². The van der Waals surface area contributed by atoms with E-state index in [1.807, 2.05) is 19.1 Å². The molecule has 0 aliphatic carbocycles. The lowest BCUT2D eigenvalue weighted by Gasteiger charge is -2.15. The Kier molecular flexibility index (Phi) is 36.9. The van der Waals surface area contributed by atoms with E-state index in [9.17, 15) is 19.8 Å². The first kappa shape index (κ1) is 48.6. The number of unbranched alkanes of at least 4 members (excludes halogenated alkanes) is 16. The van der Waals surface area contributed by atoms with Crippen LogP contribution in [0.1, 0.15) is 181 Å². The van der Waals surface area contributed by atoms with Gasteiger partial charge in [-0.2, -0.15) is 0 Å². The van der Waals surface area contributed by atoms with Crippen LogP contribution >= 0.6 is 0 Å². The number of allylic oxidation sites excluding steroid dienone is 9. The Morgan fingerprint density at radius 3 is 1.57 bits per heavy atom. The molecule has 0 aromatic heterocycles. The van der Waals surface area contributed by atoms with Gasteiger partial charge in [-0.15, -0.1) is 0 Å². The summed E-state index contributed by atoms with van der Waals surface area (Å²) in [7, 11) is 0. The third kappa shape index (κ3) is 38.6. The predicted octanol–water partition coefficient (Wildman–Crippen LogP) is 12.0. The highest BCUT2D eigenvalue weighted by atomic mass is 16.6. The lowest BCUT2D eigenvalue weighted by Crippen LogP contribution is -2.28. The molecule has 0 heterocycles. The Morgan fingerprint density at radius 1 is 0.588 bits per heavy atom. The highest BCUT2D eigenvalue weighted by Crippen LogP contribution is 2.15. The first-order chi connectivity index (χ1) is 24.9. The van der Waals surface area contributed by atoms with Gasteiger partial charge in [-0.25, -0.2) is 0 Å². The van der Waals surface area contributed by atoms with Gasteiger partial charge in [0.2, 0.25) is 0 Å². The molecule has 0 saturated heterocycles. The van der Waals surface area contributed by atoms with E-state index in [1.54, 1.807) is 6.08 Å². The second kappa shape index (κ2) is 38.8. The van der Waals surface area contributed by atoms with E-state index in [0.29, 0.717) is 12.8 Å². The van der Waals surface area contributed by atoms with Crippen molar-refractivity contribution in [2.45, 2.75) is 193 Å². The van der Waals surface area contributed by atoms with Crippen LogP contribution < -0.4 is 0 Å². The Hall–Kier alpha value is -2.44. The van der Waals surface area contributed by atoms with Crippen LogP contribution in [0, 0.1) is 5.92 Å². The molecule has 0 rings (SSSR count). The number of aliphatic hydroxyl groups is 2. The van der Waals surface area contributed by atoms with Crippen molar-refractivity contribution in [3.05, 3.63) is 60.8 Å². The van der Waals surface area contributed by atoms with E-state index in [-0.39, 0.29) is 37.7 Å². The quantitative estimate of drug-likeness (QED) is 0.0290. The van der Waals surface area contributed by atoms with E-state index in [4.69, 9.17) is 9.47 Å². The third-order valence-corrected chi connectivity index (χ3v) is 8.91. The minimum atomic E-state index is -0.812. The molecule has 0 aliphatic heterocycles. The minimum absolute atomic E-state index is 0.0982. The summed E-state index contributed by atoms with van der Waals surface area (Å²) in [6.45, 7) is 6.12. The molecule has 0 amide bonds. The zero-order chi connectivity index (χ0) is 37.5. The average Bonchev–Trinajstić information content (AvgIpc) is 3.12. The monoisotopic (exact) mass is 715 g/mol. The maximum Gasteiger partial charge on any atom is 0.306 e. The first-order valence-corrected chi connectivity index (χ1v) is 20.8. The molecule has 6 nitrogen and oxygen atoms in total. The van der Waals surface area contributed by atoms with Crippen molar-refractivity contribution in [2.75, 3.05) is 13.2 Å². The molecule has 0 fully saturated rings. The van der Waals surface area contributed by atoms with Crippen molar-refractivity contribution < 1.29 is 29.3 Å². The molecule has 0 bridgehead atoms. The summed E-state index contributed by atoms with van der Waals surface area (Å²) >= 11 is 0. The van der Waals surface area contributed by atoms with Crippen LogP contribution in [-0.4, -0.2) is 47.6 Å². The molecule has 51 heavy (non-hydrogen) atoms. The predicted molar refractivity (Wildman–Crippen MR) is 216 cm³/mol. The van der Waals surface area contributed by atoms with Crippen LogP contribution in [0.15, 0.2) is 60.8 Å². The molecule has 294 valence electrons. The van der Waals surface area contributed by atoms with Crippen molar-refractivity contribution in [3.63, 3.8) is 0 Å². The highest BCUT2D eigenvalue weighted by Gasteiger charge is 2.16. The molecule has 2 atom stereocenters. The van der Waals surface area contributed by atoms with Gasteiger partial charge in [-0.3, -0.25) is 9.59 Å². The molecule has 0 aromatic carbocycles. The van der Waals surface area contributed by atoms with E-state index in [1.165, 1.54) is 89.9 Å². The zero-order valence-corrected chi connectivity index (χ0v) is 33.1. The van der Waals surface area contributed by atoms with Gasteiger partial charge in [0.05, 0.1) is 12.7 Å². The van der Waals surface area contributed by atoms with Gasteiger partial charge < -0.3 is 19.7 Å². The van der Waals surface area contributed by atoms with Gasteiger partial charge in [0.15, 0.2) is 6.10 Å². The number of esters is 2. The molecule has 6 heteroatoms. The SMILES string of the molecule is CC[C@@H](O)/C=C/C=C\C/C=C\C/C=C\C/C=C\CCCC(=O)O[C@@H](CO)COC(=O)CCCCCCCCCCCCCCCCCCC(C)C. The average molecular weight is 715 g/mol. The molecule has 0 saturated carbocycles. The van der Waals surface area contributed by atoms with Crippen LogP contribution in [0.4, 0.5) is 0 Å². The van der Waals surface area contributed by atoms with Crippen LogP contribution in [0.25, 0.3) is 0 Å². The summed E-state index contributed by atoms with van der Waals surface area (Å²) < 4.78 is 10.6. The van der Waals surface area contributed by atoms with Crippen molar-refractivity contribution in [1.82, 2.24) is 0 Å². The summed E-state index contributed by atoms with van der Waals surface area (Å²) in [4.78, 5) is 24.3. The number of carbonyl (C=O) groups is 2. The van der Waals surface area contributed by atoms with E-state index in [0.717, 1.165) is 57.3 Å².